The predicted octanol–water partition coefficient (Wildman–Crippen LogP) is 7.96. The van der Waals surface area contributed by atoms with Crippen molar-refractivity contribution in [3.63, 3.8) is 0 Å². The minimum absolute atomic E-state index is 0.169. The van der Waals surface area contributed by atoms with Gasteiger partial charge in [-0.05, 0) is 128 Å². The summed E-state index contributed by atoms with van der Waals surface area (Å²) in [4.78, 5) is 5.23. The minimum Gasteiger partial charge on any atom is -0.493 e. The molecular weight excluding hydrogens is 550 g/mol. The van der Waals surface area contributed by atoms with Gasteiger partial charge in [-0.1, -0.05) is 43.2 Å². The molecule has 43 heavy (non-hydrogen) atoms. The van der Waals surface area contributed by atoms with Gasteiger partial charge in [-0.25, -0.2) is 0 Å². The Morgan fingerprint density at radius 3 is 2.26 bits per heavy atom. The van der Waals surface area contributed by atoms with Crippen LogP contribution in [0.2, 0.25) is 0 Å². The smallest absolute Gasteiger partial charge is 0.173 e. The van der Waals surface area contributed by atoms with E-state index in [-0.39, 0.29) is 6.04 Å². The van der Waals surface area contributed by atoms with Gasteiger partial charge in [-0.3, -0.25) is 4.90 Å². The van der Waals surface area contributed by atoms with E-state index in [1.165, 1.54) is 60.2 Å². The molecule has 0 spiro atoms. The third-order valence-corrected chi connectivity index (χ3v) is 10.8. The largest absolute Gasteiger partial charge is 0.493 e. The quantitative estimate of drug-likeness (QED) is 0.291. The van der Waals surface area contributed by atoms with E-state index in [0.717, 1.165) is 41.7 Å². The number of nitrogens with zero attached hydrogens (tertiary/aromatic N) is 2. The number of aryl methyl sites for hydroxylation is 3. The number of ether oxygens (including phenoxy) is 2. The van der Waals surface area contributed by atoms with E-state index >= 15 is 0 Å². The molecule has 1 saturated heterocycles. The van der Waals surface area contributed by atoms with E-state index in [9.17, 15) is 0 Å². The Morgan fingerprint density at radius 2 is 1.53 bits per heavy atom. The van der Waals surface area contributed by atoms with Crippen molar-refractivity contribution in [2.75, 3.05) is 39.2 Å². The van der Waals surface area contributed by atoms with Gasteiger partial charge < -0.3 is 19.7 Å². The molecule has 0 radical (unpaired) electrons. The van der Waals surface area contributed by atoms with Crippen molar-refractivity contribution in [3.8, 4) is 11.5 Å². The number of hydrogen-bond donors (Lipinski definition) is 1. The Hall–Kier alpha value is -3.09. The third kappa shape index (κ3) is 5.88. The first-order chi connectivity index (χ1) is 20.8. The van der Waals surface area contributed by atoms with Crippen LogP contribution in [0.5, 0.6) is 11.5 Å². The van der Waals surface area contributed by atoms with Gasteiger partial charge in [0.1, 0.15) is 0 Å². The molecule has 4 unspecified atom stereocenters. The second-order valence-electron chi connectivity index (χ2n) is 13.0. The van der Waals surface area contributed by atoms with Crippen LogP contribution in [0, 0.1) is 32.6 Å². The summed E-state index contributed by atoms with van der Waals surface area (Å²) >= 11 is 6.15. The van der Waals surface area contributed by atoms with E-state index < -0.39 is 0 Å². The summed E-state index contributed by atoms with van der Waals surface area (Å²) in [5.41, 5.74) is 10.9. The number of piperidine rings is 1. The highest BCUT2D eigenvalue weighted by Crippen LogP contribution is 2.48. The van der Waals surface area contributed by atoms with Crippen molar-refractivity contribution in [2.45, 2.75) is 71.9 Å². The average Bonchev–Trinajstić information content (AvgIpc) is 3.01. The first-order valence-corrected chi connectivity index (χ1v) is 16.4. The van der Waals surface area contributed by atoms with E-state index in [4.69, 9.17) is 21.7 Å². The zero-order valence-electron chi connectivity index (χ0n) is 26.7. The van der Waals surface area contributed by atoms with Crippen LogP contribution in [0.15, 0.2) is 48.5 Å². The van der Waals surface area contributed by atoms with Crippen molar-refractivity contribution < 1.29 is 9.47 Å². The zero-order chi connectivity index (χ0) is 30.2. The van der Waals surface area contributed by atoms with Crippen molar-refractivity contribution in [3.05, 3.63) is 87.5 Å². The molecular formula is C37H47N3O2S. The van der Waals surface area contributed by atoms with E-state index in [0.29, 0.717) is 17.9 Å². The average molecular weight is 598 g/mol. The van der Waals surface area contributed by atoms with Gasteiger partial charge in [-0.2, -0.15) is 0 Å². The minimum atomic E-state index is 0.169. The number of thiocarbonyl (C=S) groups is 1. The molecule has 1 fully saturated rings. The number of methoxy groups -OCH3 is 2. The molecule has 0 amide bonds. The van der Waals surface area contributed by atoms with Crippen molar-refractivity contribution in [1.29, 1.82) is 0 Å². The monoisotopic (exact) mass is 597 g/mol. The van der Waals surface area contributed by atoms with Gasteiger partial charge in [0, 0.05) is 31.4 Å². The maximum absolute atomic E-state index is 6.15. The third-order valence-electron chi connectivity index (χ3n) is 10.5. The summed E-state index contributed by atoms with van der Waals surface area (Å²) in [6.07, 6.45) is 5.55. The van der Waals surface area contributed by atoms with Crippen LogP contribution in [0.3, 0.4) is 0 Å². The number of anilines is 1. The molecule has 4 atom stereocenters. The van der Waals surface area contributed by atoms with E-state index in [1.54, 1.807) is 25.3 Å². The Balaban J connectivity index is 1.35. The molecule has 6 rings (SSSR count). The van der Waals surface area contributed by atoms with Crippen LogP contribution in [0.4, 0.5) is 5.69 Å². The summed E-state index contributed by atoms with van der Waals surface area (Å²) in [5, 5.41) is 4.38. The van der Waals surface area contributed by atoms with E-state index in [2.05, 4.69) is 91.3 Å². The maximum Gasteiger partial charge on any atom is 0.173 e. The van der Waals surface area contributed by atoms with Crippen LogP contribution in [0.25, 0.3) is 0 Å². The molecule has 3 aliphatic heterocycles. The fourth-order valence-corrected chi connectivity index (χ4v) is 8.20. The topological polar surface area (TPSA) is 37.0 Å². The van der Waals surface area contributed by atoms with Crippen molar-refractivity contribution in [2.24, 2.45) is 11.8 Å². The highest BCUT2D eigenvalue weighted by atomic mass is 32.1. The van der Waals surface area contributed by atoms with Crippen LogP contribution >= 0.6 is 12.2 Å². The molecule has 3 aliphatic rings. The van der Waals surface area contributed by atoms with Gasteiger partial charge in [-0.15, -0.1) is 0 Å². The Kier molecular flexibility index (Phi) is 8.70. The second-order valence-corrected chi connectivity index (χ2v) is 13.3. The molecule has 228 valence electrons. The van der Waals surface area contributed by atoms with Crippen LogP contribution in [0.1, 0.15) is 77.2 Å². The lowest BCUT2D eigenvalue weighted by atomic mass is 9.72. The molecule has 3 aromatic rings. The van der Waals surface area contributed by atoms with Gasteiger partial charge in [0.05, 0.1) is 20.3 Å². The van der Waals surface area contributed by atoms with Gasteiger partial charge in [0.2, 0.25) is 0 Å². The molecule has 3 heterocycles. The second kappa shape index (κ2) is 12.5. The summed E-state index contributed by atoms with van der Waals surface area (Å²) in [7, 11) is 3.46. The van der Waals surface area contributed by atoms with Gasteiger partial charge in [0.15, 0.2) is 16.6 Å². The molecule has 1 N–H and O–H groups in total. The van der Waals surface area contributed by atoms with Gasteiger partial charge >= 0.3 is 0 Å². The normalized spacial score (nSPS) is 23.2. The standard InChI is InChI=1S/C37H47N3O2S/c1-7-26-22-39-14-12-27-16-24(3)25(4)17-31(27)33(39)18-29(26)19-34-32-21-36(42-6)35(41-5)20-28(32)13-15-40(34)37(43)38-30-10-8-23(2)9-11-30/h8-11,16-17,20-21,26,29,33-34H,7,12-15,18-19,22H2,1-6H3,(H,38,43). The summed E-state index contributed by atoms with van der Waals surface area (Å²) in [5.74, 6) is 2.85. The van der Waals surface area contributed by atoms with E-state index in [1.807, 2.05) is 0 Å². The number of benzene rings is 3. The number of hydrogen-bond acceptors (Lipinski definition) is 4. The molecule has 3 aromatic carbocycles. The number of nitrogens with one attached hydrogen (secondary N) is 1. The maximum atomic E-state index is 6.15. The lowest BCUT2D eigenvalue weighted by Crippen LogP contribution is -2.48. The molecule has 0 saturated carbocycles. The SMILES string of the molecule is CCC1CN2CCc3cc(C)c(C)cc3C2CC1CC1c2cc(OC)c(OC)cc2CCN1C(=S)Nc1ccc(C)cc1. The molecule has 5 nitrogen and oxygen atoms in total. The summed E-state index contributed by atoms with van der Waals surface area (Å²) < 4.78 is 11.5. The van der Waals surface area contributed by atoms with Crippen molar-refractivity contribution in [1.82, 2.24) is 9.80 Å². The first-order valence-electron chi connectivity index (χ1n) is 16.0. The van der Waals surface area contributed by atoms with Crippen molar-refractivity contribution >= 4 is 23.0 Å². The first kappa shape index (κ1) is 30.0. The fourth-order valence-electron chi connectivity index (χ4n) is 7.86. The van der Waals surface area contributed by atoms with Crippen LogP contribution < -0.4 is 14.8 Å². The van der Waals surface area contributed by atoms with Crippen LogP contribution in [-0.2, 0) is 12.8 Å². The Morgan fingerprint density at radius 1 is 0.860 bits per heavy atom. The lowest BCUT2D eigenvalue weighted by molar-refractivity contribution is 0.0380. The lowest BCUT2D eigenvalue weighted by Gasteiger charge is -2.49. The Bertz CT molecular complexity index is 1490. The predicted molar refractivity (Wildman–Crippen MR) is 181 cm³/mol. The molecule has 0 aromatic heterocycles. The highest BCUT2D eigenvalue weighted by molar-refractivity contribution is 7.80. The fraction of sp³-hybridized carbons (Fsp3) is 0.486. The number of rotatable bonds is 6. The molecule has 0 bridgehead atoms. The molecule has 6 heteroatoms. The zero-order valence-corrected chi connectivity index (χ0v) is 27.5. The summed E-state index contributed by atoms with van der Waals surface area (Å²) in [6, 6.07) is 18.5. The number of fused-ring (bicyclic) bond motifs is 4. The Labute approximate surface area is 263 Å². The summed E-state index contributed by atoms with van der Waals surface area (Å²) in [6.45, 7) is 12.2. The highest BCUT2D eigenvalue weighted by Gasteiger charge is 2.41. The molecule has 0 aliphatic carbocycles. The van der Waals surface area contributed by atoms with Crippen LogP contribution in [-0.4, -0.2) is 48.8 Å². The van der Waals surface area contributed by atoms with Gasteiger partial charge in [0.25, 0.3) is 0 Å².